The highest BCUT2D eigenvalue weighted by molar-refractivity contribution is 6.31. The van der Waals surface area contributed by atoms with Crippen LogP contribution >= 0.6 is 11.6 Å². The van der Waals surface area contributed by atoms with Gasteiger partial charge >= 0.3 is 0 Å². The van der Waals surface area contributed by atoms with Crippen LogP contribution in [0.5, 0.6) is 0 Å². The first kappa shape index (κ1) is 16.1. The summed E-state index contributed by atoms with van der Waals surface area (Å²) in [6.07, 6.45) is 0. The van der Waals surface area contributed by atoms with Crippen LogP contribution in [-0.4, -0.2) is 22.9 Å². The van der Waals surface area contributed by atoms with E-state index in [1.807, 2.05) is 18.2 Å². The Kier molecular flexibility index (Phi) is 5.43. The minimum atomic E-state index is 0.463. The molecule has 2 aromatic rings. The molecule has 0 saturated carbocycles. The maximum Gasteiger partial charge on any atom is 0.0677 e. The second-order valence-corrected chi connectivity index (χ2v) is 5.95. The highest BCUT2D eigenvalue weighted by Gasteiger charge is 2.17. The lowest BCUT2D eigenvalue weighted by molar-refractivity contribution is 0.624. The second kappa shape index (κ2) is 7.10. The van der Waals surface area contributed by atoms with Gasteiger partial charge in [-0.3, -0.25) is 4.68 Å². The van der Waals surface area contributed by atoms with Crippen LogP contribution in [0.4, 0.5) is 0 Å². The van der Waals surface area contributed by atoms with Crippen molar-refractivity contribution in [1.29, 1.82) is 0 Å². The maximum absolute atomic E-state index is 6.25. The summed E-state index contributed by atoms with van der Waals surface area (Å²) < 4.78 is 2.06. The highest BCUT2D eigenvalue weighted by Crippen LogP contribution is 2.24. The SMILES string of the molecule is CCNCC(C)c1c(C)nn(Cc2ccccc2Cl)c1C. The van der Waals surface area contributed by atoms with Gasteiger partial charge in [0.1, 0.15) is 0 Å². The lowest BCUT2D eigenvalue weighted by Crippen LogP contribution is -2.20. The Morgan fingerprint density at radius 1 is 1.29 bits per heavy atom. The third kappa shape index (κ3) is 3.66. The molecular formula is C17H24ClN3. The first-order valence-corrected chi connectivity index (χ1v) is 7.90. The van der Waals surface area contributed by atoms with Crippen molar-refractivity contribution in [1.82, 2.24) is 15.1 Å². The van der Waals surface area contributed by atoms with Crippen LogP contribution in [0.15, 0.2) is 24.3 Å². The summed E-state index contributed by atoms with van der Waals surface area (Å²) in [6, 6.07) is 7.95. The van der Waals surface area contributed by atoms with Gasteiger partial charge in [0.2, 0.25) is 0 Å². The Bertz CT molecular complexity index is 604. The van der Waals surface area contributed by atoms with Crippen molar-refractivity contribution in [2.24, 2.45) is 0 Å². The van der Waals surface area contributed by atoms with E-state index in [0.29, 0.717) is 5.92 Å². The Hall–Kier alpha value is -1.32. The molecule has 0 saturated heterocycles. The molecule has 4 heteroatoms. The lowest BCUT2D eigenvalue weighted by Gasteiger charge is -2.13. The molecule has 1 N–H and O–H groups in total. The topological polar surface area (TPSA) is 29.9 Å². The zero-order chi connectivity index (χ0) is 15.4. The third-order valence-corrected chi connectivity index (χ3v) is 4.28. The van der Waals surface area contributed by atoms with Crippen LogP contribution in [0, 0.1) is 13.8 Å². The van der Waals surface area contributed by atoms with Crippen molar-refractivity contribution in [3.8, 4) is 0 Å². The van der Waals surface area contributed by atoms with E-state index in [-0.39, 0.29) is 0 Å². The van der Waals surface area contributed by atoms with Crippen LogP contribution in [0.3, 0.4) is 0 Å². The minimum absolute atomic E-state index is 0.463. The molecule has 1 atom stereocenters. The Balaban J connectivity index is 2.25. The number of hydrogen-bond acceptors (Lipinski definition) is 2. The van der Waals surface area contributed by atoms with Crippen molar-refractivity contribution >= 4 is 11.6 Å². The van der Waals surface area contributed by atoms with Gasteiger partial charge in [0, 0.05) is 22.8 Å². The zero-order valence-electron chi connectivity index (χ0n) is 13.3. The summed E-state index contributed by atoms with van der Waals surface area (Å²) in [5.74, 6) is 0.463. The number of aryl methyl sites for hydroxylation is 1. The van der Waals surface area contributed by atoms with Gasteiger partial charge in [0.15, 0.2) is 0 Å². The van der Waals surface area contributed by atoms with Gasteiger partial charge in [0.05, 0.1) is 12.2 Å². The number of hydrogen-bond donors (Lipinski definition) is 1. The number of halogens is 1. The third-order valence-electron chi connectivity index (χ3n) is 3.91. The van der Waals surface area contributed by atoms with E-state index >= 15 is 0 Å². The molecule has 2 rings (SSSR count). The largest absolute Gasteiger partial charge is 0.316 e. The molecule has 0 aliphatic rings. The smallest absolute Gasteiger partial charge is 0.0677 e. The Morgan fingerprint density at radius 2 is 2.00 bits per heavy atom. The second-order valence-electron chi connectivity index (χ2n) is 5.54. The van der Waals surface area contributed by atoms with Crippen molar-refractivity contribution in [3.63, 3.8) is 0 Å². The fraction of sp³-hybridized carbons (Fsp3) is 0.471. The molecule has 0 aliphatic heterocycles. The molecule has 0 radical (unpaired) electrons. The molecule has 0 amide bonds. The molecule has 21 heavy (non-hydrogen) atoms. The summed E-state index contributed by atoms with van der Waals surface area (Å²) in [5, 5.41) is 8.92. The predicted octanol–water partition coefficient (Wildman–Crippen LogP) is 3.91. The fourth-order valence-corrected chi connectivity index (χ4v) is 3.02. The summed E-state index contributed by atoms with van der Waals surface area (Å²) in [6.45, 7) is 11.3. The average molecular weight is 306 g/mol. The van der Waals surface area contributed by atoms with Gasteiger partial charge < -0.3 is 5.32 Å². The first-order valence-electron chi connectivity index (χ1n) is 7.52. The van der Waals surface area contributed by atoms with Crippen LogP contribution < -0.4 is 5.32 Å². The van der Waals surface area contributed by atoms with Crippen LogP contribution in [0.2, 0.25) is 5.02 Å². The molecule has 0 aliphatic carbocycles. The van der Waals surface area contributed by atoms with Crippen molar-refractivity contribution in [2.75, 3.05) is 13.1 Å². The maximum atomic E-state index is 6.25. The van der Waals surface area contributed by atoms with E-state index in [1.165, 1.54) is 11.3 Å². The summed E-state index contributed by atoms with van der Waals surface area (Å²) in [5.41, 5.74) is 4.81. The number of nitrogens with zero attached hydrogens (tertiary/aromatic N) is 2. The van der Waals surface area contributed by atoms with Gasteiger partial charge in [-0.15, -0.1) is 0 Å². The quantitative estimate of drug-likeness (QED) is 0.877. The summed E-state index contributed by atoms with van der Waals surface area (Å²) in [4.78, 5) is 0. The standard InChI is InChI=1S/C17H24ClN3/c1-5-19-10-12(2)17-13(3)20-21(14(17)4)11-15-8-6-7-9-16(15)18/h6-9,12,19H,5,10-11H2,1-4H3. The Labute approximate surface area is 132 Å². The fourth-order valence-electron chi connectivity index (χ4n) is 2.83. The summed E-state index contributed by atoms with van der Waals surface area (Å²) in [7, 11) is 0. The molecule has 114 valence electrons. The van der Waals surface area contributed by atoms with E-state index in [9.17, 15) is 0 Å². The normalized spacial score (nSPS) is 12.6. The predicted molar refractivity (Wildman–Crippen MR) is 89.2 cm³/mol. The Morgan fingerprint density at radius 3 is 2.67 bits per heavy atom. The van der Waals surface area contributed by atoms with Gasteiger partial charge in [-0.2, -0.15) is 5.10 Å². The van der Waals surface area contributed by atoms with E-state index < -0.39 is 0 Å². The molecule has 1 unspecified atom stereocenters. The number of likely N-dealkylation sites (N-methyl/N-ethyl adjacent to an activating group) is 1. The minimum Gasteiger partial charge on any atom is -0.316 e. The van der Waals surface area contributed by atoms with Gasteiger partial charge in [-0.05, 0) is 37.9 Å². The lowest BCUT2D eigenvalue weighted by atomic mass is 9.99. The van der Waals surface area contributed by atoms with Crippen molar-refractivity contribution in [2.45, 2.75) is 40.2 Å². The van der Waals surface area contributed by atoms with E-state index in [1.54, 1.807) is 0 Å². The number of aromatic nitrogens is 2. The van der Waals surface area contributed by atoms with Gasteiger partial charge in [-0.1, -0.05) is 43.6 Å². The van der Waals surface area contributed by atoms with Gasteiger partial charge in [-0.25, -0.2) is 0 Å². The monoisotopic (exact) mass is 305 g/mol. The summed E-state index contributed by atoms with van der Waals surface area (Å²) >= 11 is 6.25. The average Bonchev–Trinajstić information content (AvgIpc) is 2.73. The van der Waals surface area contributed by atoms with Crippen LogP contribution in [0.25, 0.3) is 0 Å². The molecule has 0 spiro atoms. The molecule has 1 aromatic carbocycles. The molecule has 3 nitrogen and oxygen atoms in total. The first-order chi connectivity index (χ1) is 10.0. The number of benzene rings is 1. The van der Waals surface area contributed by atoms with Crippen LogP contribution in [0.1, 0.15) is 42.3 Å². The zero-order valence-corrected chi connectivity index (χ0v) is 14.0. The number of rotatable bonds is 6. The molecule has 1 heterocycles. The van der Waals surface area contributed by atoms with Crippen molar-refractivity contribution in [3.05, 3.63) is 51.8 Å². The van der Waals surface area contributed by atoms with Crippen molar-refractivity contribution < 1.29 is 0 Å². The molecule has 0 fully saturated rings. The van der Waals surface area contributed by atoms with E-state index in [0.717, 1.165) is 35.9 Å². The van der Waals surface area contributed by atoms with E-state index in [4.69, 9.17) is 16.7 Å². The molecule has 0 bridgehead atoms. The van der Waals surface area contributed by atoms with E-state index in [2.05, 4.69) is 43.8 Å². The van der Waals surface area contributed by atoms with Gasteiger partial charge in [0.25, 0.3) is 0 Å². The number of nitrogens with one attached hydrogen (secondary N) is 1. The molecule has 1 aromatic heterocycles. The molecular weight excluding hydrogens is 282 g/mol. The van der Waals surface area contributed by atoms with Crippen LogP contribution in [-0.2, 0) is 6.54 Å². The highest BCUT2D eigenvalue weighted by atomic mass is 35.5.